The summed E-state index contributed by atoms with van der Waals surface area (Å²) in [5, 5.41) is 9.84. The molecule has 6 N–H and O–H groups in total. The van der Waals surface area contributed by atoms with Crippen LogP contribution in [-0.4, -0.2) is 22.0 Å². The van der Waals surface area contributed by atoms with E-state index in [1.807, 2.05) is 0 Å². The first kappa shape index (κ1) is 11.3. The van der Waals surface area contributed by atoms with Gasteiger partial charge in [0.05, 0.1) is 16.2 Å². The van der Waals surface area contributed by atoms with Crippen LogP contribution in [0.2, 0.25) is 5.02 Å². The van der Waals surface area contributed by atoms with Gasteiger partial charge in [-0.05, 0) is 18.2 Å². The van der Waals surface area contributed by atoms with Gasteiger partial charge in [0.15, 0.2) is 5.96 Å². The van der Waals surface area contributed by atoms with Crippen molar-refractivity contribution < 1.29 is 9.90 Å². The van der Waals surface area contributed by atoms with Crippen molar-refractivity contribution in [3.05, 3.63) is 28.9 Å². The number of guanidine groups is 1. The molecular formula is C10H9ClN4O2. The van der Waals surface area contributed by atoms with Gasteiger partial charge in [-0.2, -0.15) is 0 Å². The molecule has 0 aliphatic heterocycles. The number of rotatable bonds is 2. The number of nitrogens with two attached hydrogens (primary N) is 2. The molecule has 0 aliphatic rings. The number of hydrogen-bond donors (Lipinski definition) is 4. The SMILES string of the molecule is NC(N)=Nc1cc(Cl)c2[nH]c(C(=O)O)cc2c1. The van der Waals surface area contributed by atoms with Crippen molar-refractivity contribution in [3.8, 4) is 0 Å². The highest BCUT2D eigenvalue weighted by molar-refractivity contribution is 6.35. The normalized spacial score (nSPS) is 10.4. The minimum absolute atomic E-state index is 0.0590. The number of aromatic amines is 1. The van der Waals surface area contributed by atoms with Crippen molar-refractivity contribution in [3.63, 3.8) is 0 Å². The molecule has 1 heterocycles. The molecule has 2 rings (SSSR count). The molecule has 1 aromatic carbocycles. The lowest BCUT2D eigenvalue weighted by Crippen LogP contribution is -2.21. The van der Waals surface area contributed by atoms with Crippen LogP contribution in [0, 0.1) is 0 Å². The molecule has 0 amide bonds. The van der Waals surface area contributed by atoms with E-state index in [-0.39, 0.29) is 11.7 Å². The van der Waals surface area contributed by atoms with Crippen LogP contribution in [0.4, 0.5) is 5.69 Å². The molecule has 0 bridgehead atoms. The second-order valence-corrected chi connectivity index (χ2v) is 3.82. The van der Waals surface area contributed by atoms with E-state index in [9.17, 15) is 4.79 Å². The number of aromatic nitrogens is 1. The standard InChI is InChI=1S/C10H9ClN4O2/c11-6-3-5(14-10(12)13)1-4-2-7(9(16)17)15-8(4)6/h1-3,15H,(H,16,17)(H4,12,13,14). The van der Waals surface area contributed by atoms with E-state index < -0.39 is 5.97 Å². The molecule has 6 nitrogen and oxygen atoms in total. The Balaban J connectivity index is 2.65. The van der Waals surface area contributed by atoms with E-state index in [0.29, 0.717) is 21.6 Å². The molecule has 2 aromatic rings. The summed E-state index contributed by atoms with van der Waals surface area (Å²) in [5.74, 6) is -1.14. The zero-order valence-corrected chi connectivity index (χ0v) is 9.32. The van der Waals surface area contributed by atoms with Crippen LogP contribution < -0.4 is 11.5 Å². The third-order valence-electron chi connectivity index (χ3n) is 2.15. The summed E-state index contributed by atoms with van der Waals surface area (Å²) in [7, 11) is 0. The van der Waals surface area contributed by atoms with Crippen LogP contribution >= 0.6 is 11.6 Å². The molecule has 0 aliphatic carbocycles. The molecule has 17 heavy (non-hydrogen) atoms. The van der Waals surface area contributed by atoms with Gasteiger partial charge in [0.2, 0.25) is 0 Å². The summed E-state index contributed by atoms with van der Waals surface area (Å²) in [6.45, 7) is 0. The maximum atomic E-state index is 10.8. The molecule has 0 atom stereocenters. The number of hydrogen-bond acceptors (Lipinski definition) is 2. The predicted octanol–water partition coefficient (Wildman–Crippen LogP) is 1.42. The second kappa shape index (κ2) is 3.99. The van der Waals surface area contributed by atoms with E-state index in [2.05, 4.69) is 9.98 Å². The molecule has 88 valence electrons. The molecule has 0 saturated heterocycles. The molecule has 0 spiro atoms. The fourth-order valence-electron chi connectivity index (χ4n) is 1.51. The minimum Gasteiger partial charge on any atom is -0.477 e. The Morgan fingerprint density at radius 3 is 2.65 bits per heavy atom. The van der Waals surface area contributed by atoms with Crippen LogP contribution in [0.3, 0.4) is 0 Å². The Bertz CT molecular complexity index is 629. The van der Waals surface area contributed by atoms with E-state index in [1.54, 1.807) is 12.1 Å². The van der Waals surface area contributed by atoms with Gasteiger partial charge in [0, 0.05) is 5.39 Å². The number of nitrogens with one attached hydrogen (secondary N) is 1. The summed E-state index contributed by atoms with van der Waals surface area (Å²) < 4.78 is 0. The van der Waals surface area contributed by atoms with Gasteiger partial charge in [-0.1, -0.05) is 11.6 Å². The monoisotopic (exact) mass is 252 g/mol. The van der Waals surface area contributed by atoms with Gasteiger partial charge in [0.25, 0.3) is 0 Å². The lowest BCUT2D eigenvalue weighted by atomic mass is 10.2. The summed E-state index contributed by atoms with van der Waals surface area (Å²) in [6, 6.07) is 4.66. The van der Waals surface area contributed by atoms with Crippen molar-refractivity contribution in [1.29, 1.82) is 0 Å². The largest absolute Gasteiger partial charge is 0.477 e. The zero-order valence-electron chi connectivity index (χ0n) is 8.57. The number of halogens is 1. The molecule has 0 unspecified atom stereocenters. The quantitative estimate of drug-likeness (QED) is 0.477. The van der Waals surface area contributed by atoms with Crippen molar-refractivity contribution in [2.75, 3.05) is 0 Å². The number of aromatic carboxylic acids is 1. The van der Waals surface area contributed by atoms with Crippen molar-refractivity contribution in [2.24, 2.45) is 16.5 Å². The predicted molar refractivity (Wildman–Crippen MR) is 65.7 cm³/mol. The van der Waals surface area contributed by atoms with E-state index in [0.717, 1.165) is 0 Å². The van der Waals surface area contributed by atoms with Gasteiger partial charge in [0.1, 0.15) is 5.69 Å². The van der Waals surface area contributed by atoms with Crippen molar-refractivity contribution in [2.45, 2.75) is 0 Å². The summed E-state index contributed by atoms with van der Waals surface area (Å²) >= 11 is 5.99. The smallest absolute Gasteiger partial charge is 0.352 e. The van der Waals surface area contributed by atoms with Crippen LogP contribution in [0.5, 0.6) is 0 Å². The second-order valence-electron chi connectivity index (χ2n) is 3.42. The number of fused-ring (bicyclic) bond motifs is 1. The highest BCUT2D eigenvalue weighted by atomic mass is 35.5. The van der Waals surface area contributed by atoms with Gasteiger partial charge in [-0.3, -0.25) is 0 Å². The average molecular weight is 253 g/mol. The average Bonchev–Trinajstić information content (AvgIpc) is 2.60. The minimum atomic E-state index is -1.05. The summed E-state index contributed by atoms with van der Waals surface area (Å²) in [5.41, 5.74) is 11.6. The topological polar surface area (TPSA) is 117 Å². The van der Waals surface area contributed by atoms with Crippen LogP contribution in [-0.2, 0) is 0 Å². The Kier molecular flexibility index (Phi) is 2.64. The Labute approximate surface area is 101 Å². The number of aliphatic imine (C=N–C) groups is 1. The van der Waals surface area contributed by atoms with Gasteiger partial charge >= 0.3 is 5.97 Å². The van der Waals surface area contributed by atoms with Crippen LogP contribution in [0.25, 0.3) is 10.9 Å². The van der Waals surface area contributed by atoms with Crippen LogP contribution in [0.15, 0.2) is 23.2 Å². The molecule has 0 fully saturated rings. The maximum Gasteiger partial charge on any atom is 0.352 e. The number of H-pyrrole nitrogens is 1. The number of carbonyl (C=O) groups is 1. The number of benzene rings is 1. The molecule has 1 aromatic heterocycles. The van der Waals surface area contributed by atoms with Gasteiger partial charge in [-0.25, -0.2) is 9.79 Å². The fourth-order valence-corrected chi connectivity index (χ4v) is 1.78. The molecule has 0 radical (unpaired) electrons. The third kappa shape index (κ3) is 2.16. The molecule has 0 saturated carbocycles. The number of carboxylic acids is 1. The Hall–Kier alpha value is -2.21. The number of carboxylic acid groups (broad SMARTS) is 1. The van der Waals surface area contributed by atoms with Crippen LogP contribution in [0.1, 0.15) is 10.5 Å². The van der Waals surface area contributed by atoms with E-state index in [1.165, 1.54) is 6.07 Å². The fraction of sp³-hybridized carbons (Fsp3) is 0. The van der Waals surface area contributed by atoms with Crippen molar-refractivity contribution >= 4 is 40.1 Å². The highest BCUT2D eigenvalue weighted by Gasteiger charge is 2.10. The third-order valence-corrected chi connectivity index (χ3v) is 2.45. The zero-order chi connectivity index (χ0) is 12.6. The highest BCUT2D eigenvalue weighted by Crippen LogP contribution is 2.29. The Morgan fingerprint density at radius 2 is 2.06 bits per heavy atom. The van der Waals surface area contributed by atoms with E-state index in [4.69, 9.17) is 28.2 Å². The van der Waals surface area contributed by atoms with E-state index >= 15 is 0 Å². The summed E-state index contributed by atoms with van der Waals surface area (Å²) in [6.07, 6.45) is 0. The first-order valence-electron chi connectivity index (χ1n) is 4.62. The molecule has 7 heteroatoms. The Morgan fingerprint density at radius 1 is 1.35 bits per heavy atom. The van der Waals surface area contributed by atoms with Gasteiger partial charge < -0.3 is 21.6 Å². The number of nitrogens with zero attached hydrogens (tertiary/aromatic N) is 1. The van der Waals surface area contributed by atoms with Gasteiger partial charge in [-0.15, -0.1) is 0 Å². The molecular weight excluding hydrogens is 244 g/mol. The lowest BCUT2D eigenvalue weighted by Gasteiger charge is -1.98. The van der Waals surface area contributed by atoms with Crippen molar-refractivity contribution in [1.82, 2.24) is 4.98 Å². The summed E-state index contributed by atoms with van der Waals surface area (Å²) in [4.78, 5) is 17.4. The lowest BCUT2D eigenvalue weighted by molar-refractivity contribution is 0.0691. The maximum absolute atomic E-state index is 10.8. The first-order chi connectivity index (χ1) is 7.97. The first-order valence-corrected chi connectivity index (χ1v) is 5.00.